The van der Waals surface area contributed by atoms with E-state index in [4.69, 9.17) is 11.6 Å². The maximum absolute atomic E-state index is 12.3. The molecule has 5 nitrogen and oxygen atoms in total. The summed E-state index contributed by atoms with van der Waals surface area (Å²) in [5.41, 5.74) is 0.226. The summed E-state index contributed by atoms with van der Waals surface area (Å²) in [7, 11) is 0. The minimum absolute atomic E-state index is 0.113. The Balaban J connectivity index is 2.35. The molecule has 0 fully saturated rings. The van der Waals surface area contributed by atoms with E-state index in [-0.39, 0.29) is 21.8 Å². The van der Waals surface area contributed by atoms with Crippen LogP contribution >= 0.6 is 11.6 Å². The third-order valence-corrected chi connectivity index (χ3v) is 2.55. The molecule has 100 valence electrons. The van der Waals surface area contributed by atoms with Crippen molar-refractivity contribution < 1.29 is 23.0 Å². The van der Waals surface area contributed by atoms with E-state index in [0.717, 1.165) is 18.6 Å². The van der Waals surface area contributed by atoms with E-state index in [0.29, 0.717) is 4.68 Å². The summed E-state index contributed by atoms with van der Waals surface area (Å²) in [4.78, 5) is 17.8. The second-order valence-electron chi connectivity index (χ2n) is 3.40. The third kappa shape index (κ3) is 2.68. The molecule has 2 rings (SSSR count). The summed E-state index contributed by atoms with van der Waals surface area (Å²) in [6.07, 6.45) is 3.22. The minimum Gasteiger partial charge on any atom is -0.255 e. The maximum atomic E-state index is 12.3. The van der Waals surface area contributed by atoms with Gasteiger partial charge in [-0.25, -0.2) is 14.4 Å². The molecule has 0 aliphatic heterocycles. The third-order valence-electron chi connectivity index (χ3n) is 2.24. The fourth-order valence-corrected chi connectivity index (χ4v) is 1.59. The van der Waals surface area contributed by atoms with Gasteiger partial charge in [-0.3, -0.25) is 4.98 Å². The average molecular weight is 292 g/mol. The van der Waals surface area contributed by atoms with Gasteiger partial charge in [0.1, 0.15) is 5.56 Å². The normalized spacial score (nSPS) is 10.8. The topological polar surface area (TPSA) is 57.0 Å². The number of carbonyl (C=O) groups is 1. The van der Waals surface area contributed by atoms with Crippen molar-refractivity contribution >= 4 is 17.6 Å². The van der Waals surface area contributed by atoms with Gasteiger partial charge in [-0.1, -0.05) is 11.6 Å². The van der Waals surface area contributed by atoms with Gasteiger partial charge in [0.05, 0.1) is 16.9 Å². The average Bonchev–Trinajstić information content (AvgIpc) is 2.87. The molecule has 9 heteroatoms. The zero-order valence-corrected chi connectivity index (χ0v) is 9.81. The first-order valence-corrected chi connectivity index (χ1v) is 5.22. The van der Waals surface area contributed by atoms with Gasteiger partial charge in [0.2, 0.25) is 0 Å². The summed E-state index contributed by atoms with van der Waals surface area (Å²) in [6, 6.07) is 1.22. The molecule has 19 heavy (non-hydrogen) atoms. The molecule has 2 aromatic rings. The van der Waals surface area contributed by atoms with E-state index in [1.807, 2.05) is 0 Å². The molecular formula is C10H5ClF3N3O2. The largest absolute Gasteiger partial charge is 0.382 e. The van der Waals surface area contributed by atoms with Gasteiger partial charge >= 0.3 is 12.5 Å². The van der Waals surface area contributed by atoms with Crippen molar-refractivity contribution in [1.29, 1.82) is 0 Å². The van der Waals surface area contributed by atoms with Crippen LogP contribution in [0, 0.1) is 0 Å². The van der Waals surface area contributed by atoms with Crippen LogP contribution in [0.4, 0.5) is 13.3 Å². The molecule has 0 aliphatic rings. The number of halogens is 4. The Bertz CT molecular complexity index is 618. The van der Waals surface area contributed by atoms with Crippen molar-refractivity contribution in [2.75, 3.05) is 0 Å². The highest BCUT2D eigenvalue weighted by molar-refractivity contribution is 6.33. The lowest BCUT2D eigenvalue weighted by atomic mass is 10.2. The van der Waals surface area contributed by atoms with E-state index in [1.165, 1.54) is 6.07 Å². The zero-order chi connectivity index (χ0) is 14.0. The SMILES string of the molecule is O=C(OF)c1cnc(-c2cnn(C(F)F)c2)cc1Cl. The van der Waals surface area contributed by atoms with Crippen molar-refractivity contribution in [3.05, 3.63) is 35.2 Å². The number of alkyl halides is 2. The second-order valence-corrected chi connectivity index (χ2v) is 3.81. The Morgan fingerprint density at radius 1 is 1.42 bits per heavy atom. The van der Waals surface area contributed by atoms with Crippen LogP contribution in [0.1, 0.15) is 16.9 Å². The lowest BCUT2D eigenvalue weighted by Crippen LogP contribution is -2.01. The Kier molecular flexibility index (Phi) is 3.70. The van der Waals surface area contributed by atoms with Crippen molar-refractivity contribution in [2.24, 2.45) is 0 Å². The number of hydrogen-bond donors (Lipinski definition) is 0. The molecule has 0 unspecified atom stereocenters. The highest BCUT2D eigenvalue weighted by atomic mass is 35.5. The number of carbonyl (C=O) groups excluding carboxylic acids is 1. The fraction of sp³-hybridized carbons (Fsp3) is 0.100. The Morgan fingerprint density at radius 2 is 2.16 bits per heavy atom. The maximum Gasteiger partial charge on any atom is 0.382 e. The molecule has 0 aromatic carbocycles. The Hall–Kier alpha value is -2.09. The predicted molar refractivity (Wildman–Crippen MR) is 58.2 cm³/mol. The molecule has 0 atom stereocenters. The second kappa shape index (κ2) is 5.27. The molecule has 2 heterocycles. The first-order chi connectivity index (χ1) is 9.02. The summed E-state index contributed by atoms with van der Waals surface area (Å²) < 4.78 is 36.9. The van der Waals surface area contributed by atoms with Crippen LogP contribution in [0.5, 0.6) is 0 Å². The van der Waals surface area contributed by atoms with E-state index in [9.17, 15) is 18.1 Å². The molecule has 0 amide bonds. The first-order valence-electron chi connectivity index (χ1n) is 4.84. The van der Waals surface area contributed by atoms with Crippen LogP contribution in [-0.2, 0) is 4.94 Å². The van der Waals surface area contributed by atoms with Gasteiger partial charge in [-0.2, -0.15) is 13.9 Å². The number of nitrogens with zero attached hydrogens (tertiary/aromatic N) is 3. The lowest BCUT2D eigenvalue weighted by molar-refractivity contribution is -0.0788. The number of hydrogen-bond acceptors (Lipinski definition) is 4. The summed E-state index contributed by atoms with van der Waals surface area (Å²) in [6.45, 7) is -2.77. The highest BCUT2D eigenvalue weighted by Crippen LogP contribution is 2.24. The van der Waals surface area contributed by atoms with Crippen LogP contribution in [0.15, 0.2) is 24.7 Å². The Labute approximate surface area is 109 Å². The number of aromatic nitrogens is 3. The predicted octanol–water partition coefficient (Wildman–Crippen LogP) is 3.03. The molecule has 2 aromatic heterocycles. The molecule has 0 aliphatic carbocycles. The quantitative estimate of drug-likeness (QED) is 0.872. The lowest BCUT2D eigenvalue weighted by Gasteiger charge is -2.01. The van der Waals surface area contributed by atoms with Crippen molar-refractivity contribution in [3.8, 4) is 11.3 Å². The van der Waals surface area contributed by atoms with Crippen LogP contribution in [-0.4, -0.2) is 20.7 Å². The van der Waals surface area contributed by atoms with Crippen molar-refractivity contribution in [2.45, 2.75) is 6.55 Å². The number of pyridine rings is 1. The standard InChI is InChI=1S/C10H5ClF3N3O2/c11-7-1-8(15-3-6(7)9(18)19-14)5-2-16-17(4-5)10(12)13/h1-4,10H. The van der Waals surface area contributed by atoms with Gasteiger partial charge in [-0.05, 0) is 6.07 Å². The fourth-order valence-electron chi connectivity index (χ4n) is 1.36. The van der Waals surface area contributed by atoms with E-state index < -0.39 is 12.5 Å². The van der Waals surface area contributed by atoms with E-state index >= 15 is 0 Å². The molecule has 0 bridgehead atoms. The van der Waals surface area contributed by atoms with Gasteiger partial charge in [0, 0.05) is 22.5 Å². The van der Waals surface area contributed by atoms with Crippen molar-refractivity contribution in [3.63, 3.8) is 0 Å². The van der Waals surface area contributed by atoms with Gasteiger partial charge in [0.15, 0.2) is 0 Å². The van der Waals surface area contributed by atoms with E-state index in [2.05, 4.69) is 15.0 Å². The van der Waals surface area contributed by atoms with Crippen LogP contribution in [0.3, 0.4) is 0 Å². The summed E-state index contributed by atoms with van der Waals surface area (Å²) in [5, 5.41) is 3.31. The monoisotopic (exact) mass is 291 g/mol. The van der Waals surface area contributed by atoms with Crippen LogP contribution in [0.25, 0.3) is 11.3 Å². The Morgan fingerprint density at radius 3 is 2.68 bits per heavy atom. The van der Waals surface area contributed by atoms with Crippen molar-refractivity contribution in [1.82, 2.24) is 14.8 Å². The van der Waals surface area contributed by atoms with Gasteiger partial charge in [0.25, 0.3) is 0 Å². The number of rotatable bonds is 3. The highest BCUT2D eigenvalue weighted by Gasteiger charge is 2.16. The van der Waals surface area contributed by atoms with Gasteiger partial charge in [-0.15, -0.1) is 0 Å². The molecular weight excluding hydrogens is 287 g/mol. The smallest absolute Gasteiger partial charge is 0.255 e. The molecule has 0 saturated carbocycles. The first kappa shape index (κ1) is 13.3. The molecule has 0 saturated heterocycles. The molecule has 0 N–H and O–H groups in total. The molecule has 0 radical (unpaired) electrons. The van der Waals surface area contributed by atoms with Crippen LogP contribution < -0.4 is 0 Å². The molecule has 0 spiro atoms. The zero-order valence-electron chi connectivity index (χ0n) is 9.06. The summed E-state index contributed by atoms with van der Waals surface area (Å²) in [5.74, 6) is -1.28. The minimum atomic E-state index is -2.77. The summed E-state index contributed by atoms with van der Waals surface area (Å²) >= 11 is 5.74. The van der Waals surface area contributed by atoms with Gasteiger partial charge < -0.3 is 0 Å². The van der Waals surface area contributed by atoms with Crippen LogP contribution in [0.2, 0.25) is 5.02 Å². The van der Waals surface area contributed by atoms with E-state index in [1.54, 1.807) is 0 Å².